The second kappa shape index (κ2) is 7.55. The quantitative estimate of drug-likeness (QED) is 0.523. The standard InChI is InChI=1S/C27H33ClO5/c1-25-10-8-22-26(2,15-31-24(32-22)16-5-4-6-17(28)13-16)20(25)7-11-27(3)21(25)14-19(33-27)18-9-12-30-23(18)29/h4-6,9,13,19-22,24H,7-8,10-12,14-15H2,1-3H3/t19?,20-,21-,22+,24?,25+,26-,27?/m0/s1. The van der Waals surface area contributed by atoms with Gasteiger partial charge in [-0.1, -0.05) is 37.6 Å². The van der Waals surface area contributed by atoms with Gasteiger partial charge in [-0.3, -0.25) is 0 Å². The van der Waals surface area contributed by atoms with E-state index >= 15 is 0 Å². The summed E-state index contributed by atoms with van der Waals surface area (Å²) >= 11 is 6.21. The number of halogens is 1. The van der Waals surface area contributed by atoms with Crippen molar-refractivity contribution < 1.29 is 23.7 Å². The zero-order chi connectivity index (χ0) is 23.0. The summed E-state index contributed by atoms with van der Waals surface area (Å²) in [6, 6.07) is 7.79. The minimum atomic E-state index is -0.362. The number of rotatable bonds is 2. The molecule has 0 aromatic heterocycles. The molecule has 0 spiro atoms. The van der Waals surface area contributed by atoms with Gasteiger partial charge in [0, 0.05) is 16.0 Å². The van der Waals surface area contributed by atoms with Crippen molar-refractivity contribution >= 4 is 17.6 Å². The molecule has 3 aliphatic heterocycles. The Bertz CT molecular complexity index is 1010. The molecule has 4 fully saturated rings. The third-order valence-corrected chi connectivity index (χ3v) is 9.89. The lowest BCUT2D eigenvalue weighted by atomic mass is 9.44. The molecule has 5 nitrogen and oxygen atoms in total. The minimum absolute atomic E-state index is 0.0486. The predicted octanol–water partition coefficient (Wildman–Crippen LogP) is 5.62. The van der Waals surface area contributed by atoms with Crippen LogP contribution in [0, 0.1) is 22.7 Å². The lowest BCUT2D eigenvalue weighted by Gasteiger charge is -2.64. The number of esters is 1. The molecule has 2 saturated heterocycles. The molecule has 5 aliphatic rings. The Kier molecular flexibility index (Phi) is 5.05. The predicted molar refractivity (Wildman–Crippen MR) is 124 cm³/mol. The van der Waals surface area contributed by atoms with Gasteiger partial charge in [-0.15, -0.1) is 0 Å². The zero-order valence-corrected chi connectivity index (χ0v) is 20.4. The Morgan fingerprint density at radius 3 is 2.67 bits per heavy atom. The number of carbonyl (C=O) groups excluding carboxylic acids is 1. The van der Waals surface area contributed by atoms with Gasteiger partial charge in [0.05, 0.1) is 30.0 Å². The molecule has 0 bridgehead atoms. The van der Waals surface area contributed by atoms with Crippen molar-refractivity contribution in [3.63, 3.8) is 0 Å². The van der Waals surface area contributed by atoms with Gasteiger partial charge in [-0.2, -0.15) is 0 Å². The van der Waals surface area contributed by atoms with Gasteiger partial charge in [-0.05, 0) is 74.5 Å². The Balaban J connectivity index is 1.26. The molecule has 8 atom stereocenters. The summed E-state index contributed by atoms with van der Waals surface area (Å²) in [6.45, 7) is 8.13. The van der Waals surface area contributed by atoms with Gasteiger partial charge >= 0.3 is 5.97 Å². The van der Waals surface area contributed by atoms with E-state index in [0.717, 1.165) is 43.2 Å². The summed E-state index contributed by atoms with van der Waals surface area (Å²) in [7, 11) is 0. The molecule has 3 unspecified atom stereocenters. The van der Waals surface area contributed by atoms with Crippen LogP contribution in [0.1, 0.15) is 64.7 Å². The van der Waals surface area contributed by atoms with E-state index in [1.165, 1.54) is 0 Å². The molecule has 33 heavy (non-hydrogen) atoms. The summed E-state index contributed by atoms with van der Waals surface area (Å²) < 4.78 is 24.8. The van der Waals surface area contributed by atoms with Crippen molar-refractivity contribution in [3.05, 3.63) is 46.5 Å². The van der Waals surface area contributed by atoms with E-state index in [1.54, 1.807) is 0 Å². The van der Waals surface area contributed by atoms with E-state index in [1.807, 2.05) is 30.3 Å². The number of carbonyl (C=O) groups is 1. The van der Waals surface area contributed by atoms with Crippen molar-refractivity contribution in [1.29, 1.82) is 0 Å². The second-order valence-electron chi connectivity index (χ2n) is 11.4. The van der Waals surface area contributed by atoms with Gasteiger partial charge in [0.2, 0.25) is 0 Å². The normalized spacial score (nSPS) is 46.7. The number of ether oxygens (including phenoxy) is 4. The van der Waals surface area contributed by atoms with E-state index in [0.29, 0.717) is 30.1 Å². The smallest absolute Gasteiger partial charge is 0.336 e. The molecule has 2 aliphatic carbocycles. The summed E-state index contributed by atoms with van der Waals surface area (Å²) in [5, 5.41) is 0.702. The number of hydrogen-bond donors (Lipinski definition) is 0. The van der Waals surface area contributed by atoms with Crippen LogP contribution in [-0.2, 0) is 23.7 Å². The SMILES string of the molecule is CC12CC[C@@H]3[C@]4(C)COC(c5cccc(Cl)c5)O[C@@H]4CC[C@@]3(C)[C@@H]1CC(C1=CCOC1=O)O2. The van der Waals surface area contributed by atoms with E-state index < -0.39 is 0 Å². The van der Waals surface area contributed by atoms with Crippen LogP contribution >= 0.6 is 11.6 Å². The van der Waals surface area contributed by atoms with E-state index in [2.05, 4.69) is 20.8 Å². The molecule has 6 rings (SSSR count). The molecule has 0 N–H and O–H groups in total. The topological polar surface area (TPSA) is 54.0 Å². The van der Waals surface area contributed by atoms with Crippen LogP contribution in [0.15, 0.2) is 35.9 Å². The maximum atomic E-state index is 12.2. The van der Waals surface area contributed by atoms with Crippen molar-refractivity contribution in [1.82, 2.24) is 0 Å². The highest BCUT2D eigenvalue weighted by atomic mass is 35.5. The van der Waals surface area contributed by atoms with Crippen molar-refractivity contribution in [2.45, 2.75) is 77.0 Å². The largest absolute Gasteiger partial charge is 0.458 e. The molecular formula is C27H33ClO5. The first kappa shape index (κ1) is 22.1. The maximum Gasteiger partial charge on any atom is 0.336 e. The van der Waals surface area contributed by atoms with Crippen molar-refractivity contribution in [3.8, 4) is 0 Å². The van der Waals surface area contributed by atoms with Gasteiger partial charge in [-0.25, -0.2) is 4.79 Å². The fourth-order valence-electron chi connectivity index (χ4n) is 8.07. The fraction of sp³-hybridized carbons (Fsp3) is 0.667. The molecule has 1 aromatic rings. The van der Waals surface area contributed by atoms with Gasteiger partial charge in [0.1, 0.15) is 6.61 Å². The first-order valence-corrected chi connectivity index (χ1v) is 12.7. The van der Waals surface area contributed by atoms with Crippen LogP contribution in [-0.4, -0.2) is 37.0 Å². The fourth-order valence-corrected chi connectivity index (χ4v) is 8.26. The van der Waals surface area contributed by atoms with Crippen LogP contribution in [0.25, 0.3) is 0 Å². The van der Waals surface area contributed by atoms with Crippen LogP contribution < -0.4 is 0 Å². The lowest BCUT2D eigenvalue weighted by molar-refractivity contribution is -0.314. The Morgan fingerprint density at radius 2 is 1.91 bits per heavy atom. The van der Waals surface area contributed by atoms with Gasteiger partial charge < -0.3 is 18.9 Å². The summed E-state index contributed by atoms with van der Waals surface area (Å²) in [5.41, 5.74) is 1.57. The molecule has 0 radical (unpaired) electrons. The maximum absolute atomic E-state index is 12.2. The molecule has 3 heterocycles. The number of hydrogen-bond acceptors (Lipinski definition) is 5. The monoisotopic (exact) mass is 472 g/mol. The van der Waals surface area contributed by atoms with Gasteiger partial charge in [0.15, 0.2) is 6.29 Å². The summed E-state index contributed by atoms with van der Waals surface area (Å²) in [6.07, 6.45) is 6.62. The summed E-state index contributed by atoms with van der Waals surface area (Å²) in [4.78, 5) is 12.2. The highest BCUT2D eigenvalue weighted by Gasteiger charge is 2.66. The third kappa shape index (κ3) is 3.26. The first-order chi connectivity index (χ1) is 15.7. The molecule has 178 valence electrons. The number of fused-ring (bicyclic) bond motifs is 5. The lowest BCUT2D eigenvalue weighted by Crippen LogP contribution is -2.63. The van der Waals surface area contributed by atoms with Crippen LogP contribution in [0.3, 0.4) is 0 Å². The minimum Gasteiger partial charge on any atom is -0.458 e. The van der Waals surface area contributed by atoms with E-state index in [9.17, 15) is 4.79 Å². The average Bonchev–Trinajstić information content (AvgIpc) is 3.36. The Hall–Kier alpha value is -1.40. The van der Waals surface area contributed by atoms with Crippen LogP contribution in [0.4, 0.5) is 0 Å². The number of benzene rings is 1. The van der Waals surface area contributed by atoms with Crippen LogP contribution in [0.5, 0.6) is 0 Å². The summed E-state index contributed by atoms with van der Waals surface area (Å²) in [5.74, 6) is 0.668. The molecule has 2 saturated carbocycles. The highest BCUT2D eigenvalue weighted by molar-refractivity contribution is 6.30. The average molecular weight is 473 g/mol. The highest BCUT2D eigenvalue weighted by Crippen LogP contribution is 2.67. The van der Waals surface area contributed by atoms with Crippen molar-refractivity contribution in [2.24, 2.45) is 22.7 Å². The third-order valence-electron chi connectivity index (χ3n) is 9.65. The van der Waals surface area contributed by atoms with E-state index in [4.69, 9.17) is 30.5 Å². The Morgan fingerprint density at radius 1 is 1.06 bits per heavy atom. The zero-order valence-electron chi connectivity index (χ0n) is 19.6. The van der Waals surface area contributed by atoms with Gasteiger partial charge in [0.25, 0.3) is 0 Å². The molecule has 1 aromatic carbocycles. The first-order valence-electron chi connectivity index (χ1n) is 12.3. The Labute approximate surface area is 200 Å². The van der Waals surface area contributed by atoms with Crippen LogP contribution in [0.2, 0.25) is 5.02 Å². The van der Waals surface area contributed by atoms with Crippen molar-refractivity contribution in [2.75, 3.05) is 13.2 Å². The van der Waals surface area contributed by atoms with E-state index in [-0.39, 0.29) is 40.9 Å². The molecule has 0 amide bonds. The molecule has 6 heteroatoms. The molecular weight excluding hydrogens is 440 g/mol. The number of cyclic esters (lactones) is 1. The second-order valence-corrected chi connectivity index (χ2v) is 11.9.